The van der Waals surface area contributed by atoms with Crippen LogP contribution in [-0.2, 0) is 4.79 Å². The third-order valence-corrected chi connectivity index (χ3v) is 4.55. The average Bonchev–Trinajstić information content (AvgIpc) is 2.93. The molecule has 0 aromatic heterocycles. The van der Waals surface area contributed by atoms with E-state index in [1.807, 2.05) is 0 Å². The van der Waals surface area contributed by atoms with Crippen LogP contribution in [0.15, 0.2) is 0 Å². The molecule has 20 heavy (non-hydrogen) atoms. The largest absolute Gasteiger partial charge is 0.358 e. The van der Waals surface area contributed by atoms with Crippen molar-refractivity contribution in [1.82, 2.24) is 20.9 Å². The van der Waals surface area contributed by atoms with Gasteiger partial charge in [0.15, 0.2) is 0 Å². The van der Waals surface area contributed by atoms with Gasteiger partial charge in [0.2, 0.25) is 5.91 Å². The molecule has 1 amide bonds. The van der Waals surface area contributed by atoms with E-state index in [0.29, 0.717) is 24.7 Å². The Balaban J connectivity index is 1.62. The Bertz CT molecular complexity index is 296. The number of nitrogens with one attached hydrogen (secondary N) is 3. The summed E-state index contributed by atoms with van der Waals surface area (Å²) >= 11 is 0. The topological polar surface area (TPSA) is 56.4 Å². The summed E-state index contributed by atoms with van der Waals surface area (Å²) in [7, 11) is 1.70. The van der Waals surface area contributed by atoms with Crippen molar-refractivity contribution >= 4 is 5.91 Å². The SMILES string of the molecule is CNC(=O)CN1CCC(NC(C)CC2CCCN2)CC1. The smallest absolute Gasteiger partial charge is 0.233 e. The van der Waals surface area contributed by atoms with Gasteiger partial charge in [-0.25, -0.2) is 0 Å². The number of rotatable bonds is 6. The first-order valence-electron chi connectivity index (χ1n) is 8.09. The molecule has 116 valence electrons. The molecule has 0 radical (unpaired) electrons. The van der Waals surface area contributed by atoms with Crippen molar-refractivity contribution in [2.45, 2.75) is 57.2 Å². The van der Waals surface area contributed by atoms with Crippen molar-refractivity contribution in [2.75, 3.05) is 33.2 Å². The lowest BCUT2D eigenvalue weighted by atomic mass is 10.0. The number of hydrogen-bond donors (Lipinski definition) is 3. The fourth-order valence-electron chi connectivity index (χ4n) is 3.39. The van der Waals surface area contributed by atoms with Gasteiger partial charge in [-0.15, -0.1) is 0 Å². The van der Waals surface area contributed by atoms with Crippen LogP contribution in [0.5, 0.6) is 0 Å². The predicted molar refractivity (Wildman–Crippen MR) is 81.8 cm³/mol. The summed E-state index contributed by atoms with van der Waals surface area (Å²) in [5.41, 5.74) is 0. The number of hydrogen-bond acceptors (Lipinski definition) is 4. The summed E-state index contributed by atoms with van der Waals surface area (Å²) in [5, 5.41) is 10.0. The number of likely N-dealkylation sites (tertiary alicyclic amines) is 1. The molecular weight excluding hydrogens is 252 g/mol. The van der Waals surface area contributed by atoms with Gasteiger partial charge in [0.1, 0.15) is 0 Å². The summed E-state index contributed by atoms with van der Waals surface area (Å²) in [6, 6.07) is 1.92. The second-order valence-electron chi connectivity index (χ2n) is 6.32. The highest BCUT2D eigenvalue weighted by Crippen LogP contribution is 2.14. The standard InChI is InChI=1S/C15H30N4O/c1-12(10-14-4-3-7-17-14)18-13-5-8-19(9-6-13)11-15(20)16-2/h12-14,17-18H,3-11H2,1-2H3,(H,16,20). The summed E-state index contributed by atoms with van der Waals surface area (Å²) in [6.45, 7) is 6.09. The summed E-state index contributed by atoms with van der Waals surface area (Å²) in [4.78, 5) is 13.6. The number of amides is 1. The Kier molecular flexibility index (Phi) is 6.26. The quantitative estimate of drug-likeness (QED) is 0.657. The van der Waals surface area contributed by atoms with Gasteiger partial charge >= 0.3 is 0 Å². The zero-order valence-corrected chi connectivity index (χ0v) is 13.0. The van der Waals surface area contributed by atoms with Crippen molar-refractivity contribution in [3.63, 3.8) is 0 Å². The minimum Gasteiger partial charge on any atom is -0.358 e. The lowest BCUT2D eigenvalue weighted by molar-refractivity contribution is -0.122. The number of carbonyl (C=O) groups is 1. The normalized spacial score (nSPS) is 26.6. The van der Waals surface area contributed by atoms with Crippen molar-refractivity contribution in [1.29, 1.82) is 0 Å². The Hall–Kier alpha value is -0.650. The van der Waals surface area contributed by atoms with E-state index in [9.17, 15) is 4.79 Å². The van der Waals surface area contributed by atoms with Crippen LogP contribution < -0.4 is 16.0 Å². The van der Waals surface area contributed by atoms with Gasteiger partial charge in [-0.3, -0.25) is 9.69 Å². The molecule has 2 saturated heterocycles. The van der Waals surface area contributed by atoms with E-state index < -0.39 is 0 Å². The molecule has 0 bridgehead atoms. The van der Waals surface area contributed by atoms with E-state index in [1.54, 1.807) is 7.05 Å². The molecule has 5 nitrogen and oxygen atoms in total. The van der Waals surface area contributed by atoms with Gasteiger partial charge in [0, 0.05) is 38.3 Å². The first kappa shape index (κ1) is 15.7. The van der Waals surface area contributed by atoms with Crippen LogP contribution >= 0.6 is 0 Å². The average molecular weight is 282 g/mol. The zero-order valence-electron chi connectivity index (χ0n) is 13.0. The molecule has 2 fully saturated rings. The fraction of sp³-hybridized carbons (Fsp3) is 0.933. The maximum Gasteiger partial charge on any atom is 0.233 e. The van der Waals surface area contributed by atoms with Crippen LogP contribution in [0.25, 0.3) is 0 Å². The molecule has 0 aromatic carbocycles. The van der Waals surface area contributed by atoms with E-state index in [-0.39, 0.29) is 5.91 Å². The van der Waals surface area contributed by atoms with Crippen molar-refractivity contribution in [2.24, 2.45) is 0 Å². The van der Waals surface area contributed by atoms with Crippen LogP contribution in [-0.4, -0.2) is 62.2 Å². The lowest BCUT2D eigenvalue weighted by Crippen LogP contribution is -2.48. The molecule has 5 heteroatoms. The van der Waals surface area contributed by atoms with Gasteiger partial charge in [-0.1, -0.05) is 0 Å². The number of nitrogens with zero attached hydrogens (tertiary/aromatic N) is 1. The van der Waals surface area contributed by atoms with Gasteiger partial charge in [0.05, 0.1) is 6.54 Å². The maximum absolute atomic E-state index is 11.4. The van der Waals surface area contributed by atoms with Crippen molar-refractivity contribution in [3.05, 3.63) is 0 Å². The molecule has 2 aliphatic heterocycles. The highest BCUT2D eigenvalue weighted by atomic mass is 16.1. The summed E-state index contributed by atoms with van der Waals surface area (Å²) < 4.78 is 0. The van der Waals surface area contributed by atoms with E-state index in [1.165, 1.54) is 25.8 Å². The van der Waals surface area contributed by atoms with Gasteiger partial charge < -0.3 is 16.0 Å². The Labute approximate surface area is 122 Å². The summed E-state index contributed by atoms with van der Waals surface area (Å²) in [6.07, 6.45) is 6.20. The van der Waals surface area contributed by atoms with Crippen LogP contribution in [0, 0.1) is 0 Å². The number of carbonyl (C=O) groups excluding carboxylic acids is 1. The highest BCUT2D eigenvalue weighted by molar-refractivity contribution is 5.77. The Morgan fingerprint density at radius 2 is 2.10 bits per heavy atom. The molecule has 2 atom stereocenters. The predicted octanol–water partition coefficient (Wildman–Crippen LogP) is 0.317. The van der Waals surface area contributed by atoms with Gasteiger partial charge in [-0.05, 0) is 45.6 Å². The van der Waals surface area contributed by atoms with Crippen LogP contribution in [0.3, 0.4) is 0 Å². The highest BCUT2D eigenvalue weighted by Gasteiger charge is 2.23. The molecule has 0 saturated carbocycles. The molecule has 2 aliphatic rings. The molecule has 0 aromatic rings. The van der Waals surface area contributed by atoms with Crippen LogP contribution in [0.2, 0.25) is 0 Å². The van der Waals surface area contributed by atoms with Crippen molar-refractivity contribution in [3.8, 4) is 0 Å². The molecular formula is C15H30N4O. The second kappa shape index (κ2) is 7.96. The van der Waals surface area contributed by atoms with E-state index in [2.05, 4.69) is 27.8 Å². The Morgan fingerprint density at radius 3 is 2.70 bits per heavy atom. The first-order valence-corrected chi connectivity index (χ1v) is 8.09. The second-order valence-corrected chi connectivity index (χ2v) is 6.32. The van der Waals surface area contributed by atoms with Gasteiger partial charge in [-0.2, -0.15) is 0 Å². The molecule has 0 aliphatic carbocycles. The van der Waals surface area contributed by atoms with E-state index >= 15 is 0 Å². The number of piperidine rings is 1. The molecule has 2 unspecified atom stereocenters. The molecule has 3 N–H and O–H groups in total. The van der Waals surface area contributed by atoms with E-state index in [4.69, 9.17) is 0 Å². The summed E-state index contributed by atoms with van der Waals surface area (Å²) in [5.74, 6) is 0.122. The zero-order chi connectivity index (χ0) is 14.4. The lowest BCUT2D eigenvalue weighted by Gasteiger charge is -2.34. The third-order valence-electron chi connectivity index (χ3n) is 4.55. The van der Waals surface area contributed by atoms with E-state index in [0.717, 1.165) is 25.9 Å². The monoisotopic (exact) mass is 282 g/mol. The van der Waals surface area contributed by atoms with Crippen molar-refractivity contribution < 1.29 is 4.79 Å². The number of likely N-dealkylation sites (N-methyl/N-ethyl adjacent to an activating group) is 1. The molecule has 2 rings (SSSR count). The molecule has 0 spiro atoms. The minimum atomic E-state index is 0.122. The third kappa shape index (κ3) is 5.04. The van der Waals surface area contributed by atoms with Crippen LogP contribution in [0.1, 0.15) is 39.0 Å². The maximum atomic E-state index is 11.4. The molecule has 2 heterocycles. The van der Waals surface area contributed by atoms with Gasteiger partial charge in [0.25, 0.3) is 0 Å². The Morgan fingerprint density at radius 1 is 1.35 bits per heavy atom. The first-order chi connectivity index (χ1) is 9.67. The van der Waals surface area contributed by atoms with Crippen LogP contribution in [0.4, 0.5) is 0 Å². The minimum absolute atomic E-state index is 0.122. The fourth-order valence-corrected chi connectivity index (χ4v) is 3.39.